The fourth-order valence-electron chi connectivity index (χ4n) is 1.98. The molecule has 1 heterocycles. The van der Waals surface area contributed by atoms with Crippen molar-refractivity contribution in [1.82, 2.24) is 5.32 Å². The summed E-state index contributed by atoms with van der Waals surface area (Å²) in [7, 11) is -3.40. The molecule has 0 unspecified atom stereocenters. The number of benzene rings is 1. The molecule has 0 spiro atoms. The minimum atomic E-state index is -3.40. The van der Waals surface area contributed by atoms with E-state index in [4.69, 9.17) is 11.6 Å². The maximum atomic E-state index is 12.6. The highest BCUT2D eigenvalue weighted by Gasteiger charge is 2.40. The Bertz CT molecular complexity index is 543. The van der Waals surface area contributed by atoms with Gasteiger partial charge < -0.3 is 5.32 Å². The first kappa shape index (κ1) is 13.6. The third-order valence-electron chi connectivity index (χ3n) is 3.13. The van der Waals surface area contributed by atoms with Crippen molar-refractivity contribution in [3.8, 4) is 0 Å². The molecule has 0 atom stereocenters. The molecule has 0 bridgehead atoms. The van der Waals surface area contributed by atoms with Gasteiger partial charge in [-0.2, -0.15) is 0 Å². The van der Waals surface area contributed by atoms with Gasteiger partial charge in [0.15, 0.2) is 0 Å². The van der Waals surface area contributed by atoms with E-state index in [2.05, 4.69) is 5.32 Å². The van der Waals surface area contributed by atoms with Gasteiger partial charge in [-0.05, 0) is 32.0 Å². The molecule has 1 aliphatic rings. The standard InChI is InChI=1S/C12H17ClN2O2S/c1-12(2)9-14-6-7-15(18(12,16)17)11-5-3-4-10(13)8-11/h3-5,8,14H,6-7,9H2,1-2H3. The fourth-order valence-corrected chi connectivity index (χ4v) is 3.77. The Morgan fingerprint density at radius 1 is 1.39 bits per heavy atom. The molecule has 0 aromatic heterocycles. The van der Waals surface area contributed by atoms with Crippen LogP contribution in [0, 0.1) is 0 Å². The SMILES string of the molecule is CC1(C)CNCCN(c2cccc(Cl)c2)S1(=O)=O. The number of nitrogens with zero attached hydrogens (tertiary/aromatic N) is 1. The molecular formula is C12H17ClN2O2S. The highest BCUT2D eigenvalue weighted by molar-refractivity contribution is 7.94. The second-order valence-electron chi connectivity index (χ2n) is 4.99. The van der Waals surface area contributed by atoms with E-state index in [9.17, 15) is 8.42 Å². The molecule has 1 N–H and O–H groups in total. The van der Waals surface area contributed by atoms with E-state index < -0.39 is 14.8 Å². The molecule has 0 saturated carbocycles. The molecular weight excluding hydrogens is 272 g/mol. The first-order valence-corrected chi connectivity index (χ1v) is 7.65. The lowest BCUT2D eigenvalue weighted by molar-refractivity contribution is 0.535. The van der Waals surface area contributed by atoms with E-state index in [-0.39, 0.29) is 0 Å². The Kier molecular flexibility index (Phi) is 3.58. The lowest BCUT2D eigenvalue weighted by Gasteiger charge is -2.30. The van der Waals surface area contributed by atoms with Crippen molar-refractivity contribution in [3.63, 3.8) is 0 Å². The summed E-state index contributed by atoms with van der Waals surface area (Å²) in [5.41, 5.74) is 0.624. The Balaban J connectivity index is 2.48. The maximum Gasteiger partial charge on any atom is 0.241 e. The summed E-state index contributed by atoms with van der Waals surface area (Å²) in [6.07, 6.45) is 0. The number of anilines is 1. The molecule has 18 heavy (non-hydrogen) atoms. The van der Waals surface area contributed by atoms with Crippen LogP contribution >= 0.6 is 11.6 Å². The van der Waals surface area contributed by atoms with E-state index in [0.717, 1.165) is 0 Å². The van der Waals surface area contributed by atoms with Gasteiger partial charge in [-0.3, -0.25) is 4.31 Å². The van der Waals surface area contributed by atoms with Crippen LogP contribution in [0.3, 0.4) is 0 Å². The molecule has 1 aliphatic heterocycles. The number of rotatable bonds is 1. The summed E-state index contributed by atoms with van der Waals surface area (Å²) in [4.78, 5) is 0. The zero-order valence-corrected chi connectivity index (χ0v) is 12.1. The third-order valence-corrected chi connectivity index (χ3v) is 5.88. The van der Waals surface area contributed by atoms with Crippen LogP contribution in [-0.2, 0) is 10.0 Å². The molecule has 0 radical (unpaired) electrons. The summed E-state index contributed by atoms with van der Waals surface area (Å²) in [6.45, 7) is 4.98. The van der Waals surface area contributed by atoms with Gasteiger partial charge in [-0.15, -0.1) is 0 Å². The summed E-state index contributed by atoms with van der Waals surface area (Å²) in [5, 5.41) is 3.69. The second-order valence-corrected chi connectivity index (χ2v) is 7.93. The largest absolute Gasteiger partial charge is 0.313 e. The Labute approximate surface area is 113 Å². The van der Waals surface area contributed by atoms with E-state index in [0.29, 0.717) is 30.3 Å². The quantitative estimate of drug-likeness (QED) is 0.858. The lowest BCUT2D eigenvalue weighted by atomic mass is 10.2. The van der Waals surface area contributed by atoms with Crippen molar-refractivity contribution in [1.29, 1.82) is 0 Å². The molecule has 1 fully saturated rings. The molecule has 0 amide bonds. The number of halogens is 1. The van der Waals surface area contributed by atoms with Crippen LogP contribution in [0.15, 0.2) is 24.3 Å². The van der Waals surface area contributed by atoms with Crippen LogP contribution < -0.4 is 9.62 Å². The van der Waals surface area contributed by atoms with Crippen LogP contribution in [0.4, 0.5) is 5.69 Å². The monoisotopic (exact) mass is 288 g/mol. The molecule has 0 aliphatic carbocycles. The van der Waals surface area contributed by atoms with Gasteiger partial charge in [0.25, 0.3) is 0 Å². The summed E-state index contributed by atoms with van der Waals surface area (Å²) >= 11 is 5.93. The van der Waals surface area contributed by atoms with Gasteiger partial charge in [0.2, 0.25) is 10.0 Å². The van der Waals surface area contributed by atoms with Crippen molar-refractivity contribution in [2.75, 3.05) is 23.9 Å². The predicted octanol–water partition coefficient (Wildman–Crippen LogP) is 1.86. The van der Waals surface area contributed by atoms with Gasteiger partial charge in [0, 0.05) is 24.7 Å². The minimum Gasteiger partial charge on any atom is -0.313 e. The Morgan fingerprint density at radius 3 is 2.78 bits per heavy atom. The van der Waals surface area contributed by atoms with E-state index in [1.165, 1.54) is 4.31 Å². The zero-order chi connectivity index (χ0) is 13.4. The average molecular weight is 289 g/mol. The van der Waals surface area contributed by atoms with Crippen LogP contribution in [-0.4, -0.2) is 32.8 Å². The van der Waals surface area contributed by atoms with Crippen molar-refractivity contribution in [2.24, 2.45) is 0 Å². The van der Waals surface area contributed by atoms with Gasteiger partial charge in [-0.25, -0.2) is 8.42 Å². The molecule has 1 aromatic carbocycles. The molecule has 1 aromatic rings. The van der Waals surface area contributed by atoms with Gasteiger partial charge >= 0.3 is 0 Å². The van der Waals surface area contributed by atoms with Crippen molar-refractivity contribution >= 4 is 27.3 Å². The lowest BCUT2D eigenvalue weighted by Crippen LogP contribution is -2.46. The van der Waals surface area contributed by atoms with E-state index in [1.54, 1.807) is 38.1 Å². The second kappa shape index (κ2) is 4.72. The average Bonchev–Trinajstić information content (AvgIpc) is 2.37. The van der Waals surface area contributed by atoms with Crippen LogP contribution in [0.25, 0.3) is 0 Å². The number of hydrogen-bond donors (Lipinski definition) is 1. The Hall–Kier alpha value is -0.780. The first-order chi connectivity index (χ1) is 8.34. The smallest absolute Gasteiger partial charge is 0.241 e. The topological polar surface area (TPSA) is 49.4 Å². The normalized spacial score (nSPS) is 22.5. The maximum absolute atomic E-state index is 12.6. The van der Waals surface area contributed by atoms with Crippen molar-refractivity contribution < 1.29 is 8.42 Å². The number of hydrogen-bond acceptors (Lipinski definition) is 3. The predicted molar refractivity (Wildman–Crippen MR) is 74.7 cm³/mol. The third kappa shape index (κ3) is 2.35. The van der Waals surface area contributed by atoms with Crippen molar-refractivity contribution in [3.05, 3.63) is 29.3 Å². The molecule has 1 saturated heterocycles. The van der Waals surface area contributed by atoms with Gasteiger partial charge in [0.1, 0.15) is 0 Å². The van der Waals surface area contributed by atoms with Crippen molar-refractivity contribution in [2.45, 2.75) is 18.6 Å². The summed E-state index contributed by atoms with van der Waals surface area (Å²) < 4.78 is 25.8. The fraction of sp³-hybridized carbons (Fsp3) is 0.500. The first-order valence-electron chi connectivity index (χ1n) is 5.83. The minimum absolute atomic E-state index is 0.423. The summed E-state index contributed by atoms with van der Waals surface area (Å²) in [5.74, 6) is 0. The Morgan fingerprint density at radius 2 is 2.11 bits per heavy atom. The van der Waals surface area contributed by atoms with E-state index in [1.807, 2.05) is 0 Å². The van der Waals surface area contributed by atoms with Crippen LogP contribution in [0.1, 0.15) is 13.8 Å². The highest BCUT2D eigenvalue weighted by atomic mass is 35.5. The number of nitrogens with one attached hydrogen (secondary N) is 1. The van der Waals surface area contributed by atoms with Crippen LogP contribution in [0.5, 0.6) is 0 Å². The van der Waals surface area contributed by atoms with Crippen LogP contribution in [0.2, 0.25) is 5.02 Å². The molecule has 2 rings (SSSR count). The molecule has 6 heteroatoms. The zero-order valence-electron chi connectivity index (χ0n) is 10.5. The van der Waals surface area contributed by atoms with E-state index >= 15 is 0 Å². The molecule has 100 valence electrons. The van der Waals surface area contributed by atoms with Gasteiger partial charge in [-0.1, -0.05) is 17.7 Å². The number of sulfonamides is 1. The molecule has 4 nitrogen and oxygen atoms in total. The highest BCUT2D eigenvalue weighted by Crippen LogP contribution is 2.29. The summed E-state index contributed by atoms with van der Waals surface area (Å²) in [6, 6.07) is 6.95. The van der Waals surface area contributed by atoms with Gasteiger partial charge in [0.05, 0.1) is 10.4 Å².